The average Bonchev–Trinajstić information content (AvgIpc) is 2.77. The summed E-state index contributed by atoms with van der Waals surface area (Å²) in [7, 11) is 3.48. The van der Waals surface area contributed by atoms with Crippen LogP contribution in [0.2, 0.25) is 0 Å². The number of ether oxygens (including phenoxy) is 1. The van der Waals surface area contributed by atoms with E-state index in [0.29, 0.717) is 6.54 Å². The predicted molar refractivity (Wildman–Crippen MR) is 123 cm³/mol. The van der Waals surface area contributed by atoms with Gasteiger partial charge in [0.1, 0.15) is 5.75 Å². The van der Waals surface area contributed by atoms with Crippen LogP contribution in [0, 0.1) is 13.8 Å². The van der Waals surface area contributed by atoms with E-state index < -0.39 is 0 Å². The smallest absolute Gasteiger partial charge is 0.191 e. The molecule has 2 aromatic rings. The molecule has 6 nitrogen and oxygen atoms in total. The average molecular weight is 410 g/mol. The summed E-state index contributed by atoms with van der Waals surface area (Å²) in [6.07, 6.45) is 5.89. The SMILES string of the molecule is CN=C(NCc1ccc(CN2CCCCC2)cc1)NCc1ncc(C)c(OC)c1C. The van der Waals surface area contributed by atoms with Gasteiger partial charge in [-0.1, -0.05) is 30.7 Å². The molecule has 162 valence electrons. The number of nitrogens with zero attached hydrogens (tertiary/aromatic N) is 3. The highest BCUT2D eigenvalue weighted by atomic mass is 16.5. The second kappa shape index (κ2) is 11.0. The second-order valence-electron chi connectivity index (χ2n) is 7.98. The van der Waals surface area contributed by atoms with Crippen molar-refractivity contribution in [2.45, 2.75) is 52.7 Å². The van der Waals surface area contributed by atoms with Gasteiger partial charge in [0, 0.05) is 37.5 Å². The monoisotopic (exact) mass is 409 g/mol. The molecule has 3 rings (SSSR count). The van der Waals surface area contributed by atoms with Crippen LogP contribution >= 0.6 is 0 Å². The molecule has 0 radical (unpaired) electrons. The summed E-state index contributed by atoms with van der Waals surface area (Å²) in [5.41, 5.74) is 5.70. The minimum absolute atomic E-state index is 0.594. The number of methoxy groups -OCH3 is 1. The molecule has 1 aliphatic heterocycles. The molecule has 2 heterocycles. The maximum Gasteiger partial charge on any atom is 0.191 e. The molecular formula is C24H35N5O. The normalized spacial score (nSPS) is 15.1. The van der Waals surface area contributed by atoms with E-state index >= 15 is 0 Å². The van der Waals surface area contributed by atoms with Crippen LogP contribution in [-0.2, 0) is 19.6 Å². The number of aliphatic imine (C=N–C) groups is 1. The summed E-state index contributed by atoms with van der Waals surface area (Å²) >= 11 is 0. The third-order valence-electron chi connectivity index (χ3n) is 5.73. The van der Waals surface area contributed by atoms with Gasteiger partial charge >= 0.3 is 0 Å². The molecule has 0 aliphatic carbocycles. The van der Waals surface area contributed by atoms with E-state index in [4.69, 9.17) is 4.74 Å². The molecule has 0 unspecified atom stereocenters. The molecule has 0 atom stereocenters. The number of aryl methyl sites for hydroxylation is 1. The van der Waals surface area contributed by atoms with Gasteiger partial charge in [-0.2, -0.15) is 0 Å². The van der Waals surface area contributed by atoms with Crippen molar-refractivity contribution < 1.29 is 4.74 Å². The highest BCUT2D eigenvalue weighted by Gasteiger charge is 2.11. The number of nitrogens with one attached hydrogen (secondary N) is 2. The van der Waals surface area contributed by atoms with E-state index in [2.05, 4.69) is 49.8 Å². The van der Waals surface area contributed by atoms with Gasteiger partial charge in [-0.15, -0.1) is 0 Å². The predicted octanol–water partition coefficient (Wildman–Crippen LogP) is 3.56. The van der Waals surface area contributed by atoms with Crippen molar-refractivity contribution in [2.24, 2.45) is 4.99 Å². The van der Waals surface area contributed by atoms with Crippen LogP contribution in [0.25, 0.3) is 0 Å². The summed E-state index contributed by atoms with van der Waals surface area (Å²) in [4.78, 5) is 11.4. The van der Waals surface area contributed by atoms with E-state index in [0.717, 1.165) is 41.6 Å². The van der Waals surface area contributed by atoms with Crippen LogP contribution in [0.4, 0.5) is 0 Å². The van der Waals surface area contributed by atoms with Crippen molar-refractivity contribution in [3.05, 3.63) is 58.4 Å². The molecule has 0 spiro atoms. The molecule has 6 heteroatoms. The van der Waals surface area contributed by atoms with Crippen LogP contribution < -0.4 is 15.4 Å². The van der Waals surface area contributed by atoms with E-state index in [-0.39, 0.29) is 0 Å². The number of benzene rings is 1. The number of aromatic nitrogens is 1. The van der Waals surface area contributed by atoms with Crippen LogP contribution in [0.15, 0.2) is 35.5 Å². The Balaban J connectivity index is 1.49. The van der Waals surface area contributed by atoms with Gasteiger partial charge in [-0.3, -0.25) is 14.9 Å². The van der Waals surface area contributed by atoms with Gasteiger partial charge in [0.25, 0.3) is 0 Å². The maximum atomic E-state index is 5.50. The first-order valence-electron chi connectivity index (χ1n) is 10.8. The summed E-state index contributed by atoms with van der Waals surface area (Å²) in [6, 6.07) is 8.90. The minimum Gasteiger partial charge on any atom is -0.496 e. The highest BCUT2D eigenvalue weighted by Crippen LogP contribution is 2.23. The first-order valence-corrected chi connectivity index (χ1v) is 10.8. The lowest BCUT2D eigenvalue weighted by atomic mass is 10.1. The molecule has 2 N–H and O–H groups in total. The van der Waals surface area contributed by atoms with Crippen molar-refractivity contribution >= 4 is 5.96 Å². The zero-order chi connectivity index (χ0) is 21.3. The van der Waals surface area contributed by atoms with Crippen LogP contribution in [0.1, 0.15) is 47.2 Å². The van der Waals surface area contributed by atoms with Gasteiger partial charge in [-0.25, -0.2) is 0 Å². The molecule has 0 saturated carbocycles. The lowest BCUT2D eigenvalue weighted by Gasteiger charge is -2.26. The van der Waals surface area contributed by atoms with Crippen LogP contribution in [0.5, 0.6) is 5.75 Å². The Morgan fingerprint density at radius 3 is 2.37 bits per heavy atom. The lowest BCUT2D eigenvalue weighted by molar-refractivity contribution is 0.221. The fourth-order valence-electron chi connectivity index (χ4n) is 3.96. The number of hydrogen-bond acceptors (Lipinski definition) is 4. The Morgan fingerprint density at radius 1 is 1.03 bits per heavy atom. The summed E-state index contributed by atoms with van der Waals surface area (Å²) in [6.45, 7) is 8.89. The van der Waals surface area contributed by atoms with E-state index in [1.54, 1.807) is 14.2 Å². The highest BCUT2D eigenvalue weighted by molar-refractivity contribution is 5.79. The van der Waals surface area contributed by atoms with Crippen LogP contribution in [-0.4, -0.2) is 43.1 Å². The quantitative estimate of drug-likeness (QED) is 0.541. The van der Waals surface area contributed by atoms with E-state index in [1.807, 2.05) is 20.0 Å². The molecule has 0 bridgehead atoms. The number of hydrogen-bond donors (Lipinski definition) is 2. The maximum absolute atomic E-state index is 5.50. The van der Waals surface area contributed by atoms with Gasteiger partial charge in [0.05, 0.1) is 19.3 Å². The Kier molecular flexibility index (Phi) is 8.08. The first-order chi connectivity index (χ1) is 14.6. The molecule has 0 amide bonds. The lowest BCUT2D eigenvalue weighted by Crippen LogP contribution is -2.36. The Morgan fingerprint density at radius 2 is 1.70 bits per heavy atom. The standard InChI is InChI=1S/C24H35N5O/c1-18-14-26-22(19(2)23(18)30-4)16-28-24(25-3)27-15-20-8-10-21(11-9-20)17-29-12-6-5-7-13-29/h8-11,14H,5-7,12-13,15-17H2,1-4H3,(H2,25,27,28). The van der Waals surface area contributed by atoms with Crippen molar-refractivity contribution in [3.8, 4) is 5.75 Å². The topological polar surface area (TPSA) is 61.8 Å². The molecule has 1 fully saturated rings. The van der Waals surface area contributed by atoms with E-state index in [1.165, 1.54) is 43.5 Å². The number of likely N-dealkylation sites (tertiary alicyclic amines) is 1. The fraction of sp³-hybridized carbons (Fsp3) is 0.500. The van der Waals surface area contributed by atoms with Gasteiger partial charge in [-0.05, 0) is 50.9 Å². The summed E-state index contributed by atoms with van der Waals surface area (Å²) in [5.74, 6) is 1.66. The van der Waals surface area contributed by atoms with Gasteiger partial charge in [0.2, 0.25) is 0 Å². The van der Waals surface area contributed by atoms with Gasteiger partial charge < -0.3 is 15.4 Å². The number of pyridine rings is 1. The largest absolute Gasteiger partial charge is 0.496 e. The number of piperidine rings is 1. The molecule has 1 aromatic heterocycles. The fourth-order valence-corrected chi connectivity index (χ4v) is 3.96. The summed E-state index contributed by atoms with van der Waals surface area (Å²) < 4.78 is 5.50. The van der Waals surface area contributed by atoms with Crippen molar-refractivity contribution in [3.63, 3.8) is 0 Å². The van der Waals surface area contributed by atoms with Crippen molar-refractivity contribution in [2.75, 3.05) is 27.2 Å². The molecule has 1 aliphatic rings. The van der Waals surface area contributed by atoms with E-state index in [9.17, 15) is 0 Å². The zero-order valence-electron chi connectivity index (χ0n) is 18.8. The molecular weight excluding hydrogens is 374 g/mol. The summed E-state index contributed by atoms with van der Waals surface area (Å²) in [5, 5.41) is 6.73. The van der Waals surface area contributed by atoms with Crippen molar-refractivity contribution in [1.29, 1.82) is 0 Å². The Bertz CT molecular complexity index is 841. The second-order valence-corrected chi connectivity index (χ2v) is 7.98. The molecule has 30 heavy (non-hydrogen) atoms. The Hall–Kier alpha value is -2.60. The zero-order valence-corrected chi connectivity index (χ0v) is 18.8. The third-order valence-corrected chi connectivity index (χ3v) is 5.73. The van der Waals surface area contributed by atoms with Crippen molar-refractivity contribution in [1.82, 2.24) is 20.5 Å². The molecule has 1 saturated heterocycles. The Labute approximate surface area is 180 Å². The minimum atomic E-state index is 0.594. The number of guanidine groups is 1. The number of rotatable bonds is 7. The third kappa shape index (κ3) is 5.95. The first kappa shape index (κ1) is 22.1. The van der Waals surface area contributed by atoms with Gasteiger partial charge in [0.15, 0.2) is 5.96 Å². The van der Waals surface area contributed by atoms with Crippen LogP contribution in [0.3, 0.4) is 0 Å². The molecule has 1 aromatic carbocycles.